The van der Waals surface area contributed by atoms with Crippen molar-refractivity contribution in [3.8, 4) is 0 Å². The summed E-state index contributed by atoms with van der Waals surface area (Å²) in [5.41, 5.74) is 3.05. The Kier molecular flexibility index (Phi) is 7.41. The van der Waals surface area contributed by atoms with E-state index in [1.807, 2.05) is 0 Å². The van der Waals surface area contributed by atoms with Gasteiger partial charge in [-0.25, -0.2) is 0 Å². The maximum atomic E-state index is 5.26. The normalized spacial score (nSPS) is 15.0. The summed E-state index contributed by atoms with van der Waals surface area (Å²) >= 11 is 0. The highest BCUT2D eigenvalue weighted by molar-refractivity contribution is 5.26. The van der Waals surface area contributed by atoms with Crippen molar-refractivity contribution in [1.82, 2.24) is 5.32 Å². The van der Waals surface area contributed by atoms with Gasteiger partial charge in [0, 0.05) is 19.3 Å². The molecule has 0 saturated heterocycles. The minimum Gasteiger partial charge on any atom is -0.385 e. The van der Waals surface area contributed by atoms with Crippen molar-refractivity contribution in [3.05, 3.63) is 35.4 Å². The van der Waals surface area contributed by atoms with Crippen LogP contribution in [0.25, 0.3) is 0 Å². The van der Waals surface area contributed by atoms with Gasteiger partial charge in [0.05, 0.1) is 0 Å². The van der Waals surface area contributed by atoms with Gasteiger partial charge < -0.3 is 10.1 Å². The zero-order chi connectivity index (χ0) is 15.9. The Labute approximate surface area is 131 Å². The summed E-state index contributed by atoms with van der Waals surface area (Å²) in [7, 11) is 1.79. The van der Waals surface area contributed by atoms with Crippen LogP contribution in [0.3, 0.4) is 0 Å². The lowest BCUT2D eigenvalue weighted by Crippen LogP contribution is -2.41. The number of hydrogen-bond donors (Lipinski definition) is 1. The van der Waals surface area contributed by atoms with Gasteiger partial charge in [-0.15, -0.1) is 0 Å². The molecule has 0 bridgehead atoms. The van der Waals surface area contributed by atoms with Gasteiger partial charge in [-0.05, 0) is 70.0 Å². The molecule has 0 fully saturated rings. The lowest BCUT2D eigenvalue weighted by molar-refractivity contribution is 0.161. The number of rotatable bonds is 8. The molecule has 1 N–H and O–H groups in total. The summed E-state index contributed by atoms with van der Waals surface area (Å²) in [4.78, 5) is 0. The molecule has 0 aliphatic rings. The number of methoxy groups -OCH3 is 1. The molecule has 120 valence electrons. The van der Waals surface area contributed by atoms with Gasteiger partial charge in [0.15, 0.2) is 0 Å². The molecule has 0 saturated carbocycles. The first kappa shape index (κ1) is 18.2. The summed E-state index contributed by atoms with van der Waals surface area (Å²) < 4.78 is 5.26. The van der Waals surface area contributed by atoms with E-state index in [2.05, 4.69) is 64.2 Å². The van der Waals surface area contributed by atoms with Crippen LogP contribution in [0, 0.1) is 18.8 Å². The van der Waals surface area contributed by atoms with Crippen LogP contribution in [-0.4, -0.2) is 25.8 Å². The van der Waals surface area contributed by atoms with Crippen LogP contribution in [0.2, 0.25) is 0 Å². The molecular weight excluding hydrogens is 258 g/mol. The fourth-order valence-corrected chi connectivity index (χ4v) is 2.57. The van der Waals surface area contributed by atoms with Crippen LogP contribution in [0.4, 0.5) is 0 Å². The van der Waals surface area contributed by atoms with Crippen molar-refractivity contribution < 1.29 is 4.74 Å². The minimum atomic E-state index is 0.172. The maximum Gasteiger partial charge on any atom is 0.0464 e. The number of hydrogen-bond acceptors (Lipinski definition) is 2. The molecule has 1 rings (SSSR count). The van der Waals surface area contributed by atoms with Crippen LogP contribution in [0.1, 0.15) is 45.2 Å². The van der Waals surface area contributed by atoms with E-state index in [1.165, 1.54) is 11.1 Å². The predicted molar refractivity (Wildman–Crippen MR) is 91.8 cm³/mol. The van der Waals surface area contributed by atoms with Crippen molar-refractivity contribution in [2.75, 3.05) is 20.3 Å². The first-order valence-corrected chi connectivity index (χ1v) is 8.12. The summed E-state index contributed by atoms with van der Waals surface area (Å²) in [6.07, 6.45) is 2.26. The Bertz CT molecular complexity index is 408. The smallest absolute Gasteiger partial charge is 0.0464 e. The summed E-state index contributed by atoms with van der Waals surface area (Å²) in [5.74, 6) is 1.29. The fraction of sp³-hybridized carbons (Fsp3) is 0.684. The lowest BCUT2D eigenvalue weighted by atomic mass is 9.84. The molecule has 0 heterocycles. The minimum absolute atomic E-state index is 0.172. The van der Waals surface area contributed by atoms with E-state index in [1.54, 1.807) is 7.11 Å². The number of aryl methyl sites for hydroxylation is 1. The molecular formula is C19H33NO. The largest absolute Gasteiger partial charge is 0.385 e. The van der Waals surface area contributed by atoms with Crippen molar-refractivity contribution in [1.29, 1.82) is 0 Å². The molecule has 2 nitrogen and oxygen atoms in total. The zero-order valence-corrected chi connectivity index (χ0v) is 14.7. The second-order valence-electron chi connectivity index (χ2n) is 7.28. The second-order valence-corrected chi connectivity index (χ2v) is 7.28. The van der Waals surface area contributed by atoms with Gasteiger partial charge in [-0.3, -0.25) is 0 Å². The first-order valence-electron chi connectivity index (χ1n) is 8.12. The van der Waals surface area contributed by atoms with Crippen molar-refractivity contribution >= 4 is 0 Å². The molecule has 2 unspecified atom stereocenters. The molecule has 21 heavy (non-hydrogen) atoms. The maximum absolute atomic E-state index is 5.26. The molecule has 0 aromatic heterocycles. The molecule has 2 atom stereocenters. The summed E-state index contributed by atoms with van der Waals surface area (Å²) in [6.45, 7) is 13.2. The second kappa shape index (κ2) is 8.55. The van der Waals surface area contributed by atoms with Crippen LogP contribution < -0.4 is 5.32 Å². The Morgan fingerprint density at radius 2 is 1.86 bits per heavy atom. The topological polar surface area (TPSA) is 21.3 Å². The highest BCUT2D eigenvalue weighted by atomic mass is 16.5. The lowest BCUT2D eigenvalue weighted by Gasteiger charge is -2.29. The van der Waals surface area contributed by atoms with E-state index in [0.29, 0.717) is 11.8 Å². The summed E-state index contributed by atoms with van der Waals surface area (Å²) in [5, 5.41) is 3.68. The van der Waals surface area contributed by atoms with E-state index in [0.717, 1.165) is 26.0 Å². The van der Waals surface area contributed by atoms with Crippen LogP contribution in [-0.2, 0) is 11.2 Å². The Hall–Kier alpha value is -0.860. The van der Waals surface area contributed by atoms with E-state index < -0.39 is 0 Å². The van der Waals surface area contributed by atoms with Gasteiger partial charge in [-0.1, -0.05) is 31.2 Å². The zero-order valence-electron chi connectivity index (χ0n) is 14.7. The van der Waals surface area contributed by atoms with Gasteiger partial charge in [0.1, 0.15) is 0 Å². The average molecular weight is 291 g/mol. The molecule has 0 spiro atoms. The number of nitrogens with one attached hydrogen (secondary N) is 1. The molecule has 0 aliphatic carbocycles. The van der Waals surface area contributed by atoms with E-state index >= 15 is 0 Å². The van der Waals surface area contributed by atoms with Crippen LogP contribution >= 0.6 is 0 Å². The van der Waals surface area contributed by atoms with E-state index in [-0.39, 0.29) is 5.54 Å². The third kappa shape index (κ3) is 7.10. The van der Waals surface area contributed by atoms with Crippen molar-refractivity contribution in [3.63, 3.8) is 0 Å². The van der Waals surface area contributed by atoms with Crippen LogP contribution in [0.5, 0.6) is 0 Å². The first-order chi connectivity index (χ1) is 9.83. The molecule has 1 aromatic rings. The van der Waals surface area contributed by atoms with Gasteiger partial charge in [0.2, 0.25) is 0 Å². The van der Waals surface area contributed by atoms with Crippen molar-refractivity contribution in [2.24, 2.45) is 11.8 Å². The van der Waals surface area contributed by atoms with E-state index in [9.17, 15) is 0 Å². The Morgan fingerprint density at radius 3 is 2.43 bits per heavy atom. The molecule has 2 heteroatoms. The van der Waals surface area contributed by atoms with E-state index in [4.69, 9.17) is 4.74 Å². The monoisotopic (exact) mass is 291 g/mol. The summed E-state index contributed by atoms with van der Waals surface area (Å²) in [6, 6.07) is 8.75. The number of ether oxygens (including phenoxy) is 1. The third-order valence-corrected chi connectivity index (χ3v) is 4.22. The fourth-order valence-electron chi connectivity index (χ4n) is 2.57. The highest BCUT2D eigenvalue weighted by Gasteiger charge is 2.20. The predicted octanol–water partition coefficient (Wildman–Crippen LogP) is 4.21. The Balaban J connectivity index is 2.73. The third-order valence-electron chi connectivity index (χ3n) is 4.22. The van der Waals surface area contributed by atoms with Gasteiger partial charge in [0.25, 0.3) is 0 Å². The SMILES string of the molecule is COCCC(C)C(CNC(C)(C)C)Cc1ccccc1C. The quantitative estimate of drug-likeness (QED) is 0.774. The standard InChI is InChI=1S/C19H33NO/c1-15-9-7-8-10-17(15)13-18(14-20-19(3,4)5)16(2)11-12-21-6/h7-10,16,18,20H,11-14H2,1-6H3. The van der Waals surface area contributed by atoms with Gasteiger partial charge in [-0.2, -0.15) is 0 Å². The average Bonchev–Trinajstić information content (AvgIpc) is 2.41. The number of benzene rings is 1. The molecule has 0 radical (unpaired) electrons. The molecule has 1 aromatic carbocycles. The molecule has 0 amide bonds. The van der Waals surface area contributed by atoms with Crippen molar-refractivity contribution in [2.45, 2.75) is 53.0 Å². The Morgan fingerprint density at radius 1 is 1.19 bits per heavy atom. The van der Waals surface area contributed by atoms with Crippen LogP contribution in [0.15, 0.2) is 24.3 Å². The molecule has 0 aliphatic heterocycles. The highest BCUT2D eigenvalue weighted by Crippen LogP contribution is 2.22. The van der Waals surface area contributed by atoms with Gasteiger partial charge >= 0.3 is 0 Å².